The summed E-state index contributed by atoms with van der Waals surface area (Å²) in [5.74, 6) is 2.79. The quantitative estimate of drug-likeness (QED) is 0.763. The molecule has 0 bridgehead atoms. The fourth-order valence-electron chi connectivity index (χ4n) is 4.93. The molecule has 0 radical (unpaired) electrons. The molecule has 2 nitrogen and oxygen atoms in total. The molecule has 0 aromatic rings. The van der Waals surface area contributed by atoms with Gasteiger partial charge in [0.05, 0.1) is 0 Å². The molecule has 2 heteroatoms. The molecule has 3 fully saturated rings. The van der Waals surface area contributed by atoms with E-state index < -0.39 is 0 Å². The van der Waals surface area contributed by atoms with Gasteiger partial charge in [0.15, 0.2) is 0 Å². The molecule has 0 aromatic carbocycles. The first-order valence-corrected chi connectivity index (χ1v) is 8.83. The number of ketones is 1. The van der Waals surface area contributed by atoms with Crippen LogP contribution in [0.15, 0.2) is 0 Å². The molecule has 2 aliphatic carbocycles. The zero-order chi connectivity index (χ0) is 14.2. The van der Waals surface area contributed by atoms with Crippen molar-refractivity contribution in [2.75, 3.05) is 19.6 Å². The third-order valence-electron chi connectivity index (χ3n) is 6.25. The second-order valence-electron chi connectivity index (χ2n) is 8.19. The van der Waals surface area contributed by atoms with Crippen LogP contribution in [0.1, 0.15) is 65.2 Å². The summed E-state index contributed by atoms with van der Waals surface area (Å²) >= 11 is 0. The molecule has 1 aliphatic heterocycles. The number of hydrogen-bond acceptors (Lipinski definition) is 2. The lowest BCUT2D eigenvalue weighted by atomic mass is 9.70. The van der Waals surface area contributed by atoms with E-state index >= 15 is 0 Å². The Kier molecular flexibility index (Phi) is 4.21. The van der Waals surface area contributed by atoms with Crippen molar-refractivity contribution in [2.45, 2.75) is 65.2 Å². The minimum absolute atomic E-state index is 0.0634. The van der Waals surface area contributed by atoms with Crippen LogP contribution < -0.4 is 0 Å². The van der Waals surface area contributed by atoms with Crippen LogP contribution in [-0.4, -0.2) is 30.3 Å². The molecule has 114 valence electrons. The Labute approximate surface area is 124 Å². The fraction of sp³-hybridized carbons (Fsp3) is 0.944. The number of piperidine rings is 1. The molecule has 0 aromatic heterocycles. The summed E-state index contributed by atoms with van der Waals surface area (Å²) in [4.78, 5) is 15.2. The van der Waals surface area contributed by atoms with Crippen LogP contribution in [0.25, 0.3) is 0 Å². The first-order valence-electron chi connectivity index (χ1n) is 8.83. The van der Waals surface area contributed by atoms with Gasteiger partial charge < -0.3 is 4.90 Å². The van der Waals surface area contributed by atoms with Gasteiger partial charge in [-0.1, -0.05) is 39.5 Å². The van der Waals surface area contributed by atoms with Crippen LogP contribution in [0.4, 0.5) is 0 Å². The summed E-state index contributed by atoms with van der Waals surface area (Å²) < 4.78 is 0. The molecular weight excluding hydrogens is 246 g/mol. The fourth-order valence-corrected chi connectivity index (χ4v) is 4.93. The molecule has 3 rings (SSSR count). The van der Waals surface area contributed by atoms with Gasteiger partial charge in [0.1, 0.15) is 5.78 Å². The number of carbonyl (C=O) groups is 1. The van der Waals surface area contributed by atoms with E-state index in [9.17, 15) is 4.79 Å². The van der Waals surface area contributed by atoms with Crippen molar-refractivity contribution in [1.29, 1.82) is 0 Å². The number of likely N-dealkylation sites (tertiary alicyclic amines) is 1. The van der Waals surface area contributed by atoms with E-state index in [1.54, 1.807) is 0 Å². The van der Waals surface area contributed by atoms with Crippen LogP contribution in [0.5, 0.6) is 0 Å². The van der Waals surface area contributed by atoms with E-state index in [2.05, 4.69) is 18.7 Å². The first kappa shape index (κ1) is 14.6. The van der Waals surface area contributed by atoms with Gasteiger partial charge in [-0.15, -0.1) is 0 Å². The summed E-state index contributed by atoms with van der Waals surface area (Å²) in [7, 11) is 0. The summed E-state index contributed by atoms with van der Waals surface area (Å²) in [6.07, 6.45) is 10.6. The van der Waals surface area contributed by atoms with Crippen molar-refractivity contribution in [3.63, 3.8) is 0 Å². The monoisotopic (exact) mass is 277 g/mol. The average molecular weight is 277 g/mol. The number of fused-ring (bicyclic) bond motifs is 1. The Balaban J connectivity index is 1.57. The van der Waals surface area contributed by atoms with Gasteiger partial charge in [0, 0.05) is 24.4 Å². The van der Waals surface area contributed by atoms with Crippen LogP contribution in [-0.2, 0) is 4.79 Å². The van der Waals surface area contributed by atoms with E-state index in [0.29, 0.717) is 11.7 Å². The highest BCUT2D eigenvalue weighted by Gasteiger charge is 2.39. The van der Waals surface area contributed by atoms with Gasteiger partial charge >= 0.3 is 0 Å². The van der Waals surface area contributed by atoms with E-state index in [-0.39, 0.29) is 5.41 Å². The number of Topliss-reactive ketones (excluding diaryl/α,β-unsaturated/α-hetero) is 1. The van der Waals surface area contributed by atoms with Crippen molar-refractivity contribution in [2.24, 2.45) is 23.2 Å². The highest BCUT2D eigenvalue weighted by molar-refractivity contribution is 5.87. The normalized spacial score (nSPS) is 38.5. The second kappa shape index (κ2) is 5.79. The molecule has 3 atom stereocenters. The van der Waals surface area contributed by atoms with Crippen molar-refractivity contribution >= 4 is 5.78 Å². The molecule has 0 amide bonds. The van der Waals surface area contributed by atoms with Crippen LogP contribution in [0.3, 0.4) is 0 Å². The van der Waals surface area contributed by atoms with Crippen molar-refractivity contribution in [1.82, 2.24) is 4.90 Å². The first-order chi connectivity index (χ1) is 9.56. The van der Waals surface area contributed by atoms with E-state index in [0.717, 1.165) is 31.2 Å². The lowest BCUT2D eigenvalue weighted by molar-refractivity contribution is -0.135. The van der Waals surface area contributed by atoms with Gasteiger partial charge in [0.25, 0.3) is 0 Å². The Morgan fingerprint density at radius 1 is 1.05 bits per heavy atom. The van der Waals surface area contributed by atoms with Crippen LogP contribution in [0.2, 0.25) is 0 Å². The minimum Gasteiger partial charge on any atom is -0.302 e. The Bertz CT molecular complexity index is 362. The SMILES string of the molecule is CC1(C)CCCC(CN2CCC3CCCCC3C2)C1=O. The van der Waals surface area contributed by atoms with Gasteiger partial charge in [-0.2, -0.15) is 0 Å². The number of carbonyl (C=O) groups excluding carboxylic acids is 1. The van der Waals surface area contributed by atoms with Gasteiger partial charge in [0.2, 0.25) is 0 Å². The summed E-state index contributed by atoms with van der Waals surface area (Å²) in [6.45, 7) is 7.86. The number of rotatable bonds is 2. The lowest BCUT2D eigenvalue weighted by Crippen LogP contribution is -2.47. The maximum atomic E-state index is 12.6. The molecule has 0 N–H and O–H groups in total. The van der Waals surface area contributed by atoms with E-state index in [1.807, 2.05) is 0 Å². The lowest BCUT2D eigenvalue weighted by Gasteiger charge is -2.43. The van der Waals surface area contributed by atoms with Gasteiger partial charge in [-0.05, 0) is 44.1 Å². The third kappa shape index (κ3) is 2.95. The highest BCUT2D eigenvalue weighted by atomic mass is 16.1. The second-order valence-corrected chi connectivity index (χ2v) is 8.19. The predicted octanol–water partition coefficient (Wildman–Crippen LogP) is 3.89. The molecule has 0 spiro atoms. The zero-order valence-electron chi connectivity index (χ0n) is 13.4. The van der Waals surface area contributed by atoms with E-state index in [4.69, 9.17) is 0 Å². The molecule has 20 heavy (non-hydrogen) atoms. The van der Waals surface area contributed by atoms with Crippen LogP contribution in [0, 0.1) is 23.2 Å². The van der Waals surface area contributed by atoms with Crippen molar-refractivity contribution in [3.8, 4) is 0 Å². The zero-order valence-corrected chi connectivity index (χ0v) is 13.4. The van der Waals surface area contributed by atoms with Crippen molar-refractivity contribution < 1.29 is 4.79 Å². The standard InChI is InChI=1S/C18H31NO/c1-18(2)10-5-8-16(17(18)20)13-19-11-9-14-6-3-4-7-15(14)12-19/h14-16H,3-13H2,1-2H3. The summed E-state index contributed by atoms with van der Waals surface area (Å²) in [5, 5.41) is 0. The highest BCUT2D eigenvalue weighted by Crippen LogP contribution is 2.39. The minimum atomic E-state index is -0.0634. The molecule has 2 saturated carbocycles. The van der Waals surface area contributed by atoms with Crippen molar-refractivity contribution in [3.05, 3.63) is 0 Å². The Morgan fingerprint density at radius 2 is 1.80 bits per heavy atom. The number of nitrogens with zero attached hydrogens (tertiary/aromatic N) is 1. The third-order valence-corrected chi connectivity index (χ3v) is 6.25. The maximum Gasteiger partial charge on any atom is 0.142 e. The van der Waals surface area contributed by atoms with Gasteiger partial charge in [-0.3, -0.25) is 4.79 Å². The molecule has 1 heterocycles. The molecule has 1 saturated heterocycles. The molecule has 3 unspecified atom stereocenters. The molecule has 3 aliphatic rings. The number of hydrogen-bond donors (Lipinski definition) is 0. The molecular formula is C18H31NO. The smallest absolute Gasteiger partial charge is 0.142 e. The maximum absolute atomic E-state index is 12.6. The van der Waals surface area contributed by atoms with Gasteiger partial charge in [-0.25, -0.2) is 0 Å². The van der Waals surface area contributed by atoms with Crippen LogP contribution >= 0.6 is 0 Å². The van der Waals surface area contributed by atoms with E-state index in [1.165, 1.54) is 51.6 Å². The summed E-state index contributed by atoms with van der Waals surface area (Å²) in [5.41, 5.74) is -0.0634. The average Bonchev–Trinajstić information content (AvgIpc) is 2.44. The largest absolute Gasteiger partial charge is 0.302 e. The predicted molar refractivity (Wildman–Crippen MR) is 82.6 cm³/mol. The topological polar surface area (TPSA) is 20.3 Å². The Hall–Kier alpha value is -0.370. The summed E-state index contributed by atoms with van der Waals surface area (Å²) in [6, 6.07) is 0. The Morgan fingerprint density at radius 3 is 2.60 bits per heavy atom.